The fraction of sp³-hybridized carbons (Fsp3) is 0.333. The molecule has 8 heteroatoms. The lowest BCUT2D eigenvalue weighted by Crippen LogP contribution is -2.33. The summed E-state index contributed by atoms with van der Waals surface area (Å²) in [5, 5.41) is 5.43. The van der Waals surface area contributed by atoms with E-state index in [2.05, 4.69) is 15.6 Å². The van der Waals surface area contributed by atoms with Gasteiger partial charge in [0.05, 0.1) is 12.8 Å². The summed E-state index contributed by atoms with van der Waals surface area (Å²) in [7, 11) is 0. The van der Waals surface area contributed by atoms with Gasteiger partial charge in [-0.25, -0.2) is 4.79 Å². The number of imide groups is 1. The van der Waals surface area contributed by atoms with Gasteiger partial charge in [0.2, 0.25) is 5.91 Å². The lowest BCUT2D eigenvalue weighted by Gasteiger charge is -2.11. The van der Waals surface area contributed by atoms with Gasteiger partial charge in [0.15, 0.2) is 0 Å². The van der Waals surface area contributed by atoms with Crippen molar-refractivity contribution in [2.75, 3.05) is 6.54 Å². The number of pyridine rings is 1. The molecule has 0 bridgehead atoms. The maximum Gasteiger partial charge on any atom is 0.325 e. The Kier molecular flexibility index (Phi) is 5.62. The first-order valence-electron chi connectivity index (χ1n) is 8.43. The van der Waals surface area contributed by atoms with E-state index in [0.717, 1.165) is 10.5 Å². The minimum atomic E-state index is -0.677. The van der Waals surface area contributed by atoms with Gasteiger partial charge in [-0.15, -0.1) is 0 Å². The minimum Gasteiger partial charge on any atom is -0.467 e. The highest BCUT2D eigenvalue weighted by atomic mass is 16.3. The maximum atomic E-state index is 12.3. The van der Waals surface area contributed by atoms with E-state index in [1.54, 1.807) is 24.5 Å². The third kappa shape index (κ3) is 4.47. The Morgan fingerprint density at radius 1 is 1.27 bits per heavy atom. The minimum absolute atomic E-state index is 0.0896. The molecule has 0 saturated carbocycles. The molecule has 2 aromatic heterocycles. The zero-order valence-electron chi connectivity index (χ0n) is 14.2. The number of nitrogens with one attached hydrogen (secondary N) is 2. The van der Waals surface area contributed by atoms with Gasteiger partial charge in [-0.1, -0.05) is 0 Å². The number of urea groups is 1. The number of hydrogen-bond acceptors (Lipinski definition) is 5. The molecule has 2 N–H and O–H groups in total. The number of amides is 4. The van der Waals surface area contributed by atoms with Crippen molar-refractivity contribution in [1.29, 1.82) is 0 Å². The van der Waals surface area contributed by atoms with Crippen LogP contribution in [0.2, 0.25) is 0 Å². The second kappa shape index (κ2) is 8.28. The van der Waals surface area contributed by atoms with Gasteiger partial charge in [-0.05, 0) is 42.7 Å². The Balaban J connectivity index is 1.40. The van der Waals surface area contributed by atoms with E-state index in [4.69, 9.17) is 4.42 Å². The molecule has 136 valence electrons. The Morgan fingerprint density at radius 2 is 2.08 bits per heavy atom. The molecule has 1 aliphatic rings. The van der Waals surface area contributed by atoms with Crippen LogP contribution in [0.1, 0.15) is 24.2 Å². The Labute approximate surface area is 150 Å². The SMILES string of the molecule is O=C(CC[C@@H]1NC(=O)N(Cc2ccco2)C1=O)NCCc1ccncc1. The van der Waals surface area contributed by atoms with Crippen molar-refractivity contribution in [2.24, 2.45) is 0 Å². The summed E-state index contributed by atoms with van der Waals surface area (Å²) in [6, 6.07) is 6.04. The number of rotatable bonds is 8. The fourth-order valence-electron chi connectivity index (χ4n) is 2.74. The maximum absolute atomic E-state index is 12.3. The molecule has 8 nitrogen and oxygen atoms in total. The summed E-state index contributed by atoms with van der Waals surface area (Å²) in [5.74, 6) is 0.0459. The van der Waals surface area contributed by atoms with E-state index in [0.29, 0.717) is 18.7 Å². The Hall–Kier alpha value is -3.16. The number of hydrogen-bond donors (Lipinski definition) is 2. The zero-order chi connectivity index (χ0) is 18.4. The lowest BCUT2D eigenvalue weighted by molar-refractivity contribution is -0.128. The van der Waals surface area contributed by atoms with Crippen LogP contribution in [-0.4, -0.2) is 40.3 Å². The predicted molar refractivity (Wildman–Crippen MR) is 91.8 cm³/mol. The molecule has 1 fully saturated rings. The molecule has 0 radical (unpaired) electrons. The highest BCUT2D eigenvalue weighted by molar-refractivity contribution is 6.04. The molecule has 26 heavy (non-hydrogen) atoms. The molecule has 1 saturated heterocycles. The van der Waals surface area contributed by atoms with Crippen molar-refractivity contribution in [2.45, 2.75) is 31.8 Å². The van der Waals surface area contributed by atoms with Crippen LogP contribution in [0, 0.1) is 0 Å². The van der Waals surface area contributed by atoms with Crippen LogP contribution >= 0.6 is 0 Å². The highest BCUT2D eigenvalue weighted by Crippen LogP contribution is 2.15. The Morgan fingerprint density at radius 3 is 2.81 bits per heavy atom. The van der Waals surface area contributed by atoms with Crippen LogP contribution in [0.4, 0.5) is 4.79 Å². The van der Waals surface area contributed by atoms with Crippen molar-refractivity contribution in [3.05, 3.63) is 54.2 Å². The normalized spacial score (nSPS) is 16.6. The van der Waals surface area contributed by atoms with Crippen molar-refractivity contribution >= 4 is 17.8 Å². The van der Waals surface area contributed by atoms with Gasteiger partial charge in [0.25, 0.3) is 5.91 Å². The quantitative estimate of drug-likeness (QED) is 0.692. The second-order valence-corrected chi connectivity index (χ2v) is 6.00. The molecular formula is C18H20N4O4. The van der Waals surface area contributed by atoms with Gasteiger partial charge in [-0.2, -0.15) is 0 Å². The van der Waals surface area contributed by atoms with Crippen LogP contribution in [0.3, 0.4) is 0 Å². The first-order valence-corrected chi connectivity index (χ1v) is 8.43. The highest BCUT2D eigenvalue weighted by Gasteiger charge is 2.38. The standard InChI is InChI=1S/C18H20N4O4/c23-16(20-10-7-13-5-8-19-9-6-13)4-3-15-17(24)22(18(25)21-15)12-14-2-1-11-26-14/h1-2,5-6,8-9,11,15H,3-4,7,10,12H2,(H,20,23)(H,21,25)/t15-/m0/s1. The van der Waals surface area contributed by atoms with Gasteiger partial charge >= 0.3 is 6.03 Å². The van der Waals surface area contributed by atoms with E-state index in [1.165, 1.54) is 6.26 Å². The molecule has 0 aliphatic carbocycles. The number of carbonyl (C=O) groups excluding carboxylic acids is 3. The van der Waals surface area contributed by atoms with Gasteiger partial charge in [0, 0.05) is 25.4 Å². The van der Waals surface area contributed by atoms with Gasteiger partial charge in [-0.3, -0.25) is 19.5 Å². The summed E-state index contributed by atoms with van der Waals surface area (Å²) in [4.78, 5) is 41.2. The molecule has 3 rings (SSSR count). The average molecular weight is 356 g/mol. The summed E-state index contributed by atoms with van der Waals surface area (Å²) in [5.41, 5.74) is 1.09. The van der Waals surface area contributed by atoms with Crippen LogP contribution < -0.4 is 10.6 Å². The summed E-state index contributed by atoms with van der Waals surface area (Å²) >= 11 is 0. The molecule has 2 aromatic rings. The number of nitrogens with zero attached hydrogens (tertiary/aromatic N) is 2. The van der Waals surface area contributed by atoms with Crippen molar-refractivity contribution in [1.82, 2.24) is 20.5 Å². The lowest BCUT2D eigenvalue weighted by atomic mass is 10.1. The van der Waals surface area contributed by atoms with Crippen molar-refractivity contribution in [3.63, 3.8) is 0 Å². The first-order chi connectivity index (χ1) is 12.6. The van der Waals surface area contributed by atoms with Crippen molar-refractivity contribution < 1.29 is 18.8 Å². The molecule has 1 aliphatic heterocycles. The summed E-state index contributed by atoms with van der Waals surface area (Å²) in [6.07, 6.45) is 6.05. The van der Waals surface area contributed by atoms with Crippen LogP contribution in [0.25, 0.3) is 0 Å². The molecule has 4 amide bonds. The molecule has 0 spiro atoms. The van der Waals surface area contributed by atoms with E-state index >= 15 is 0 Å². The number of furan rings is 1. The van der Waals surface area contributed by atoms with Gasteiger partial charge in [0.1, 0.15) is 11.8 Å². The number of aromatic nitrogens is 1. The first kappa shape index (κ1) is 17.7. The monoisotopic (exact) mass is 356 g/mol. The molecular weight excluding hydrogens is 336 g/mol. The molecule has 1 atom stereocenters. The van der Waals surface area contributed by atoms with E-state index in [-0.39, 0.29) is 31.2 Å². The smallest absolute Gasteiger partial charge is 0.325 e. The van der Waals surface area contributed by atoms with Crippen LogP contribution in [0.15, 0.2) is 47.3 Å². The molecule has 3 heterocycles. The van der Waals surface area contributed by atoms with E-state index < -0.39 is 12.1 Å². The molecule has 0 aromatic carbocycles. The predicted octanol–water partition coefficient (Wildman–Crippen LogP) is 1.23. The van der Waals surface area contributed by atoms with E-state index in [9.17, 15) is 14.4 Å². The Bertz CT molecular complexity index is 761. The van der Waals surface area contributed by atoms with Crippen LogP contribution in [0.5, 0.6) is 0 Å². The largest absolute Gasteiger partial charge is 0.467 e. The third-order valence-corrected chi connectivity index (χ3v) is 4.15. The second-order valence-electron chi connectivity index (χ2n) is 6.00. The van der Waals surface area contributed by atoms with Crippen LogP contribution in [-0.2, 0) is 22.6 Å². The number of carbonyl (C=O) groups is 3. The van der Waals surface area contributed by atoms with Crippen molar-refractivity contribution in [3.8, 4) is 0 Å². The topological polar surface area (TPSA) is 105 Å². The average Bonchev–Trinajstić information content (AvgIpc) is 3.25. The fourth-order valence-corrected chi connectivity index (χ4v) is 2.74. The molecule has 0 unspecified atom stereocenters. The third-order valence-electron chi connectivity index (χ3n) is 4.15. The van der Waals surface area contributed by atoms with Gasteiger partial charge < -0.3 is 15.1 Å². The van der Waals surface area contributed by atoms with E-state index in [1.807, 2.05) is 12.1 Å². The summed E-state index contributed by atoms with van der Waals surface area (Å²) in [6.45, 7) is 0.602. The summed E-state index contributed by atoms with van der Waals surface area (Å²) < 4.78 is 5.16. The zero-order valence-corrected chi connectivity index (χ0v) is 14.2.